The maximum Gasteiger partial charge on any atom is 0.258 e. The first kappa shape index (κ1) is 15.1. The molecule has 0 aromatic carbocycles. The fourth-order valence-corrected chi connectivity index (χ4v) is 1.78. The summed E-state index contributed by atoms with van der Waals surface area (Å²) in [5.74, 6) is 6.54. The fraction of sp³-hybridized carbons (Fsp3) is 0.545. The molecule has 21 heavy (non-hydrogen) atoms. The van der Waals surface area contributed by atoms with Gasteiger partial charge in [-0.05, 0) is 12.3 Å². The highest BCUT2D eigenvalue weighted by atomic mass is 16.3. The summed E-state index contributed by atoms with van der Waals surface area (Å²) in [4.78, 5) is 16.4. The number of hydrogen-bond donors (Lipinski definition) is 4. The van der Waals surface area contributed by atoms with Crippen molar-refractivity contribution in [3.63, 3.8) is 0 Å². The molecule has 0 radical (unpaired) electrons. The Hall–Kier alpha value is -2.33. The van der Waals surface area contributed by atoms with Crippen molar-refractivity contribution >= 4 is 11.9 Å². The van der Waals surface area contributed by atoms with E-state index in [2.05, 4.69) is 49.6 Å². The Kier molecular flexibility index (Phi) is 4.95. The van der Waals surface area contributed by atoms with Crippen LogP contribution in [0.1, 0.15) is 20.3 Å². The Bertz CT molecular complexity index is 557. The molecule has 1 unspecified atom stereocenters. The van der Waals surface area contributed by atoms with Crippen LogP contribution in [0, 0.1) is 5.92 Å². The van der Waals surface area contributed by atoms with Gasteiger partial charge < -0.3 is 10.4 Å². The smallest absolute Gasteiger partial charge is 0.258 e. The number of aliphatic hydroxyl groups is 1. The second kappa shape index (κ2) is 6.90. The van der Waals surface area contributed by atoms with Crippen LogP contribution in [0.3, 0.4) is 0 Å². The van der Waals surface area contributed by atoms with Gasteiger partial charge in [0.2, 0.25) is 11.9 Å². The van der Waals surface area contributed by atoms with Gasteiger partial charge in [0.15, 0.2) is 0 Å². The van der Waals surface area contributed by atoms with Gasteiger partial charge in [0.1, 0.15) is 12.7 Å². The van der Waals surface area contributed by atoms with Crippen LogP contribution in [0.25, 0.3) is 5.95 Å². The molecule has 114 valence electrons. The number of aliphatic hydroxyl groups excluding tert-OH is 1. The van der Waals surface area contributed by atoms with Crippen molar-refractivity contribution < 1.29 is 5.11 Å². The van der Waals surface area contributed by atoms with E-state index in [0.29, 0.717) is 24.2 Å². The van der Waals surface area contributed by atoms with Gasteiger partial charge in [-0.25, -0.2) is 10.8 Å². The van der Waals surface area contributed by atoms with Crippen LogP contribution in [0.15, 0.2) is 12.7 Å². The zero-order valence-corrected chi connectivity index (χ0v) is 11.9. The number of nitrogens with one attached hydrogen (secondary N) is 2. The summed E-state index contributed by atoms with van der Waals surface area (Å²) in [7, 11) is 0. The molecule has 10 nitrogen and oxygen atoms in total. The predicted molar refractivity (Wildman–Crippen MR) is 76.5 cm³/mol. The predicted octanol–water partition coefficient (Wildman–Crippen LogP) is -0.443. The van der Waals surface area contributed by atoms with Gasteiger partial charge in [-0.1, -0.05) is 13.8 Å². The maximum absolute atomic E-state index is 9.12. The van der Waals surface area contributed by atoms with Crippen molar-refractivity contribution in [1.29, 1.82) is 0 Å². The molecule has 1 atom stereocenters. The summed E-state index contributed by atoms with van der Waals surface area (Å²) in [6, 6.07) is 0.0339. The van der Waals surface area contributed by atoms with E-state index in [-0.39, 0.29) is 18.6 Å². The van der Waals surface area contributed by atoms with Crippen LogP contribution in [0.2, 0.25) is 0 Å². The minimum Gasteiger partial charge on any atom is -0.396 e. The summed E-state index contributed by atoms with van der Waals surface area (Å²) in [6.45, 7) is 4.18. The monoisotopic (exact) mass is 293 g/mol. The van der Waals surface area contributed by atoms with Crippen LogP contribution in [-0.2, 0) is 0 Å². The molecule has 10 heteroatoms. The first-order valence-corrected chi connectivity index (χ1v) is 6.59. The van der Waals surface area contributed by atoms with Gasteiger partial charge in [-0.15, -0.1) is 0 Å². The Labute approximate surface area is 121 Å². The summed E-state index contributed by atoms with van der Waals surface area (Å²) in [6.07, 6.45) is 3.45. The second-order valence-corrected chi connectivity index (χ2v) is 4.77. The van der Waals surface area contributed by atoms with Crippen LogP contribution < -0.4 is 16.6 Å². The molecule has 5 N–H and O–H groups in total. The largest absolute Gasteiger partial charge is 0.396 e. The van der Waals surface area contributed by atoms with Crippen LogP contribution >= 0.6 is 0 Å². The lowest BCUT2D eigenvalue weighted by Crippen LogP contribution is -2.28. The van der Waals surface area contributed by atoms with E-state index < -0.39 is 0 Å². The van der Waals surface area contributed by atoms with E-state index in [1.54, 1.807) is 0 Å². The topological polar surface area (TPSA) is 140 Å². The summed E-state index contributed by atoms with van der Waals surface area (Å²) in [5.41, 5.74) is 2.39. The van der Waals surface area contributed by atoms with E-state index in [9.17, 15) is 0 Å². The average molecular weight is 293 g/mol. The fourth-order valence-electron chi connectivity index (χ4n) is 1.78. The van der Waals surface area contributed by atoms with Crippen molar-refractivity contribution in [3.05, 3.63) is 12.7 Å². The third kappa shape index (κ3) is 3.83. The first-order chi connectivity index (χ1) is 10.1. The molecule has 0 aliphatic rings. The van der Waals surface area contributed by atoms with Crippen molar-refractivity contribution in [2.75, 3.05) is 17.3 Å². The number of hydrogen-bond acceptors (Lipinski definition) is 9. The molecular formula is C11H19N9O. The normalized spacial score (nSPS) is 12.4. The number of nitrogens with two attached hydrogens (primary N) is 1. The van der Waals surface area contributed by atoms with Crippen LogP contribution in [-0.4, -0.2) is 47.5 Å². The molecule has 2 aromatic heterocycles. The van der Waals surface area contributed by atoms with Crippen LogP contribution in [0.4, 0.5) is 11.9 Å². The van der Waals surface area contributed by atoms with Crippen LogP contribution in [0.5, 0.6) is 0 Å². The van der Waals surface area contributed by atoms with Crippen molar-refractivity contribution in [3.8, 4) is 5.95 Å². The quantitative estimate of drug-likeness (QED) is 0.395. The number of anilines is 2. The van der Waals surface area contributed by atoms with Gasteiger partial charge >= 0.3 is 0 Å². The first-order valence-electron chi connectivity index (χ1n) is 6.59. The number of rotatable bonds is 7. The molecule has 0 aliphatic carbocycles. The molecule has 2 heterocycles. The Morgan fingerprint density at radius 3 is 2.62 bits per heavy atom. The SMILES string of the molecule is CC(C)C(CCO)Nc1nc(NN)nc(-n2cncn2)n1. The van der Waals surface area contributed by atoms with Gasteiger partial charge in [-0.2, -0.15) is 24.7 Å². The molecule has 0 saturated carbocycles. The second-order valence-electron chi connectivity index (χ2n) is 4.77. The van der Waals surface area contributed by atoms with Gasteiger partial charge in [-0.3, -0.25) is 5.43 Å². The summed E-state index contributed by atoms with van der Waals surface area (Å²) >= 11 is 0. The molecule has 0 saturated heterocycles. The zero-order valence-electron chi connectivity index (χ0n) is 11.9. The highest BCUT2D eigenvalue weighted by Gasteiger charge is 2.16. The molecule has 0 amide bonds. The van der Waals surface area contributed by atoms with E-state index in [0.717, 1.165) is 0 Å². The van der Waals surface area contributed by atoms with E-state index >= 15 is 0 Å². The lowest BCUT2D eigenvalue weighted by molar-refractivity contribution is 0.267. The highest BCUT2D eigenvalue weighted by molar-refractivity contribution is 5.37. The number of nitrogen functional groups attached to an aromatic ring is 1. The standard InChI is InChI=1S/C11H19N9O/c1-7(2)8(3-4-21)15-9-16-10(19-12)18-11(17-9)20-6-13-5-14-20/h5-8,21H,3-4,12H2,1-2H3,(H2,15,16,17,18,19). The molecular weight excluding hydrogens is 274 g/mol. The van der Waals surface area contributed by atoms with E-state index in [1.807, 2.05) is 0 Å². The molecule has 0 bridgehead atoms. The third-order valence-electron chi connectivity index (χ3n) is 2.94. The average Bonchev–Trinajstić information content (AvgIpc) is 3.00. The molecule has 0 spiro atoms. The Morgan fingerprint density at radius 1 is 1.29 bits per heavy atom. The van der Waals surface area contributed by atoms with E-state index in [1.165, 1.54) is 17.3 Å². The molecule has 2 rings (SSSR count). The molecule has 0 aliphatic heterocycles. The summed E-state index contributed by atoms with van der Waals surface area (Å²) in [5, 5.41) is 16.3. The zero-order chi connectivity index (χ0) is 15.2. The van der Waals surface area contributed by atoms with Gasteiger partial charge in [0.25, 0.3) is 5.95 Å². The minimum absolute atomic E-state index is 0.0339. The summed E-state index contributed by atoms with van der Waals surface area (Å²) < 4.78 is 1.41. The Balaban J connectivity index is 2.28. The number of aromatic nitrogens is 6. The van der Waals surface area contributed by atoms with Crippen molar-refractivity contribution in [2.24, 2.45) is 11.8 Å². The number of hydrazine groups is 1. The number of nitrogens with zero attached hydrogens (tertiary/aromatic N) is 6. The lowest BCUT2D eigenvalue weighted by Gasteiger charge is -2.21. The van der Waals surface area contributed by atoms with Crippen molar-refractivity contribution in [1.82, 2.24) is 29.7 Å². The maximum atomic E-state index is 9.12. The molecule has 0 fully saturated rings. The highest BCUT2D eigenvalue weighted by Crippen LogP contribution is 2.14. The van der Waals surface area contributed by atoms with E-state index in [4.69, 9.17) is 10.9 Å². The third-order valence-corrected chi connectivity index (χ3v) is 2.94. The lowest BCUT2D eigenvalue weighted by atomic mass is 10.0. The van der Waals surface area contributed by atoms with Gasteiger partial charge in [0, 0.05) is 12.6 Å². The minimum atomic E-state index is 0.0339. The molecule has 2 aromatic rings. The van der Waals surface area contributed by atoms with Crippen molar-refractivity contribution in [2.45, 2.75) is 26.3 Å². The Morgan fingerprint density at radius 2 is 2.05 bits per heavy atom. The van der Waals surface area contributed by atoms with Gasteiger partial charge in [0.05, 0.1) is 0 Å².